The van der Waals surface area contributed by atoms with Crippen LogP contribution in [-0.2, 0) is 4.74 Å². The van der Waals surface area contributed by atoms with E-state index in [-0.39, 0.29) is 18.5 Å². The van der Waals surface area contributed by atoms with Crippen molar-refractivity contribution in [3.8, 4) is 12.3 Å². The maximum Gasteiger partial charge on any atom is 0.410 e. The van der Waals surface area contributed by atoms with Crippen molar-refractivity contribution in [1.29, 1.82) is 0 Å². The highest BCUT2D eigenvalue weighted by Crippen LogP contribution is 2.12. The molecule has 0 aliphatic carbocycles. The summed E-state index contributed by atoms with van der Waals surface area (Å²) in [5.74, 6) is 2.65. The number of terminal acetylenes is 1. The van der Waals surface area contributed by atoms with Crippen molar-refractivity contribution in [3.05, 3.63) is 0 Å². The van der Waals surface area contributed by atoms with Crippen LogP contribution in [-0.4, -0.2) is 54.2 Å². The summed E-state index contributed by atoms with van der Waals surface area (Å²) in [5.41, 5.74) is -0.424. The summed E-state index contributed by atoms with van der Waals surface area (Å²) < 4.78 is 5.39. The zero-order chi connectivity index (χ0) is 13.6. The molecule has 1 fully saturated rings. The van der Waals surface area contributed by atoms with Gasteiger partial charge in [0.25, 0.3) is 0 Å². The Morgan fingerprint density at radius 2 is 1.95 bits per heavy atom. The molecular weight excluding hydrogens is 264 g/mol. The lowest BCUT2D eigenvalue weighted by Gasteiger charge is -2.26. The van der Waals surface area contributed by atoms with Gasteiger partial charge in [-0.2, -0.15) is 0 Å². The molecule has 1 heterocycles. The van der Waals surface area contributed by atoms with E-state index in [1.807, 2.05) is 20.8 Å². The number of hydrogen-bond donors (Lipinski definition) is 0. The molecule has 19 heavy (non-hydrogen) atoms. The van der Waals surface area contributed by atoms with Gasteiger partial charge in [-0.25, -0.2) is 4.79 Å². The Labute approximate surface area is 122 Å². The van der Waals surface area contributed by atoms with Crippen LogP contribution in [0.15, 0.2) is 0 Å². The van der Waals surface area contributed by atoms with Crippen LogP contribution < -0.4 is 0 Å². The van der Waals surface area contributed by atoms with Crippen LogP contribution in [0, 0.1) is 12.3 Å². The van der Waals surface area contributed by atoms with Crippen molar-refractivity contribution in [2.24, 2.45) is 0 Å². The molecule has 0 aromatic carbocycles. The molecule has 0 N–H and O–H groups in total. The predicted molar refractivity (Wildman–Crippen MR) is 79.6 cm³/mol. The summed E-state index contributed by atoms with van der Waals surface area (Å²) in [6.45, 7) is 9.95. The number of carbonyl (C=O) groups excluding carboxylic acids is 1. The fraction of sp³-hybridized carbons (Fsp3) is 0.786. The van der Waals surface area contributed by atoms with Crippen LogP contribution in [0.5, 0.6) is 0 Å². The molecule has 5 heteroatoms. The van der Waals surface area contributed by atoms with E-state index in [4.69, 9.17) is 11.2 Å². The van der Waals surface area contributed by atoms with Crippen molar-refractivity contribution < 1.29 is 9.53 Å². The summed E-state index contributed by atoms with van der Waals surface area (Å²) in [7, 11) is 0. The highest BCUT2D eigenvalue weighted by atomic mass is 35.5. The maximum atomic E-state index is 11.9. The number of hydrogen-bond acceptors (Lipinski definition) is 3. The molecular formula is C14H25ClN2O2. The first kappa shape index (κ1) is 18.1. The highest BCUT2D eigenvalue weighted by Gasteiger charge is 2.24. The van der Waals surface area contributed by atoms with Gasteiger partial charge >= 0.3 is 6.09 Å². The van der Waals surface area contributed by atoms with Crippen molar-refractivity contribution in [2.45, 2.75) is 39.2 Å². The quantitative estimate of drug-likeness (QED) is 0.732. The van der Waals surface area contributed by atoms with Crippen molar-refractivity contribution in [2.75, 3.05) is 32.7 Å². The van der Waals surface area contributed by atoms with Crippen LogP contribution in [0.1, 0.15) is 33.6 Å². The number of nitrogens with zero attached hydrogens (tertiary/aromatic N) is 2. The number of rotatable bonds is 2. The summed E-state index contributed by atoms with van der Waals surface area (Å²) in [4.78, 5) is 16.0. The summed E-state index contributed by atoms with van der Waals surface area (Å²) >= 11 is 0. The molecule has 1 rings (SSSR count). The Morgan fingerprint density at radius 1 is 1.26 bits per heavy atom. The third-order valence-electron chi connectivity index (χ3n) is 2.81. The number of carbonyl (C=O) groups is 1. The van der Waals surface area contributed by atoms with Gasteiger partial charge in [0.05, 0.1) is 0 Å². The highest BCUT2D eigenvalue weighted by molar-refractivity contribution is 5.85. The van der Waals surface area contributed by atoms with Gasteiger partial charge in [0.1, 0.15) is 5.60 Å². The van der Waals surface area contributed by atoms with Crippen molar-refractivity contribution in [1.82, 2.24) is 9.80 Å². The molecule has 0 radical (unpaired) electrons. The lowest BCUT2D eigenvalue weighted by atomic mass is 10.2. The van der Waals surface area contributed by atoms with Gasteiger partial charge in [0, 0.05) is 32.6 Å². The Bertz CT molecular complexity index is 320. The van der Waals surface area contributed by atoms with Gasteiger partial charge in [-0.3, -0.25) is 0 Å². The molecule has 0 bridgehead atoms. The maximum absolute atomic E-state index is 11.9. The Morgan fingerprint density at radius 3 is 2.53 bits per heavy atom. The fourth-order valence-corrected chi connectivity index (χ4v) is 1.93. The Balaban J connectivity index is 0.00000324. The zero-order valence-corrected chi connectivity index (χ0v) is 13.0. The summed E-state index contributed by atoms with van der Waals surface area (Å²) in [5, 5.41) is 0. The van der Waals surface area contributed by atoms with Crippen LogP contribution in [0.25, 0.3) is 0 Å². The average Bonchev–Trinajstić information content (AvgIpc) is 2.49. The molecule has 0 aromatic heterocycles. The van der Waals surface area contributed by atoms with Crippen molar-refractivity contribution >= 4 is 18.5 Å². The van der Waals surface area contributed by atoms with E-state index in [0.717, 1.165) is 45.6 Å². The van der Waals surface area contributed by atoms with E-state index < -0.39 is 5.60 Å². The molecule has 0 spiro atoms. The molecule has 4 nitrogen and oxygen atoms in total. The minimum atomic E-state index is -0.424. The van der Waals surface area contributed by atoms with E-state index >= 15 is 0 Å². The van der Waals surface area contributed by atoms with Gasteiger partial charge in [-0.15, -0.1) is 24.8 Å². The fourth-order valence-electron chi connectivity index (χ4n) is 1.93. The number of amides is 1. The van der Waals surface area contributed by atoms with Crippen LogP contribution in [0.4, 0.5) is 4.79 Å². The molecule has 1 aliphatic rings. The van der Waals surface area contributed by atoms with Gasteiger partial charge in [-0.1, -0.05) is 0 Å². The van der Waals surface area contributed by atoms with Gasteiger partial charge in [0.15, 0.2) is 0 Å². The first-order chi connectivity index (χ1) is 8.42. The third kappa shape index (κ3) is 7.29. The smallest absolute Gasteiger partial charge is 0.410 e. The van der Waals surface area contributed by atoms with Gasteiger partial charge in [0.2, 0.25) is 0 Å². The predicted octanol–water partition coefficient (Wildman–Crippen LogP) is 2.37. The largest absolute Gasteiger partial charge is 0.444 e. The molecule has 1 amide bonds. The average molecular weight is 289 g/mol. The van der Waals surface area contributed by atoms with Crippen LogP contribution >= 0.6 is 12.4 Å². The number of halogens is 1. The van der Waals surface area contributed by atoms with Gasteiger partial charge < -0.3 is 14.5 Å². The van der Waals surface area contributed by atoms with E-state index in [0.29, 0.717) is 0 Å². The molecule has 0 saturated carbocycles. The van der Waals surface area contributed by atoms with Crippen LogP contribution in [0.3, 0.4) is 0 Å². The second-order valence-corrected chi connectivity index (χ2v) is 5.62. The van der Waals surface area contributed by atoms with E-state index in [9.17, 15) is 4.79 Å². The monoisotopic (exact) mass is 288 g/mol. The lowest BCUT2D eigenvalue weighted by Crippen LogP contribution is -2.39. The standard InChI is InChI=1S/C14H24N2O2.ClH/c1-5-6-8-15-9-7-10-16(12-11-15)13(17)18-14(2,3)4;/h1H,6-12H2,2-4H3;1H. The van der Waals surface area contributed by atoms with Crippen molar-refractivity contribution in [3.63, 3.8) is 0 Å². The minimum absolute atomic E-state index is 0. The molecule has 0 aromatic rings. The SMILES string of the molecule is C#CCCN1CCCN(C(=O)OC(C)(C)C)CC1.Cl. The normalized spacial score (nSPS) is 17.1. The Kier molecular flexibility index (Phi) is 7.89. The summed E-state index contributed by atoms with van der Waals surface area (Å²) in [6, 6.07) is 0. The molecule has 1 saturated heterocycles. The summed E-state index contributed by atoms with van der Waals surface area (Å²) in [6.07, 6.45) is 6.81. The molecule has 110 valence electrons. The van der Waals surface area contributed by atoms with Gasteiger partial charge in [-0.05, 0) is 33.7 Å². The first-order valence-corrected chi connectivity index (χ1v) is 6.56. The Hall–Kier alpha value is -0.920. The minimum Gasteiger partial charge on any atom is -0.444 e. The lowest BCUT2D eigenvalue weighted by molar-refractivity contribution is 0.0258. The van der Waals surface area contributed by atoms with Crippen LogP contribution in [0.2, 0.25) is 0 Å². The zero-order valence-electron chi connectivity index (χ0n) is 12.1. The second kappa shape index (κ2) is 8.29. The topological polar surface area (TPSA) is 32.8 Å². The third-order valence-corrected chi connectivity index (χ3v) is 2.81. The van der Waals surface area contributed by atoms with E-state index in [1.54, 1.807) is 4.90 Å². The molecule has 1 aliphatic heterocycles. The first-order valence-electron chi connectivity index (χ1n) is 6.56. The second-order valence-electron chi connectivity index (χ2n) is 5.62. The van der Waals surface area contributed by atoms with E-state index in [1.165, 1.54) is 0 Å². The number of ether oxygens (including phenoxy) is 1. The molecule has 0 unspecified atom stereocenters. The van der Waals surface area contributed by atoms with E-state index in [2.05, 4.69) is 10.8 Å². The molecule has 0 atom stereocenters.